The summed E-state index contributed by atoms with van der Waals surface area (Å²) >= 11 is 0. The third-order valence-electron chi connectivity index (χ3n) is 2.43. The van der Waals surface area contributed by atoms with Crippen LogP contribution in [-0.2, 0) is 0 Å². The molecule has 1 aromatic carbocycles. The van der Waals surface area contributed by atoms with E-state index < -0.39 is 16.4 Å². The lowest BCUT2D eigenvalue weighted by atomic mass is 10.3. The van der Waals surface area contributed by atoms with Gasteiger partial charge in [-0.3, -0.25) is 15.5 Å². The first-order valence-corrected chi connectivity index (χ1v) is 5.68. The first-order chi connectivity index (χ1) is 9.86. The summed E-state index contributed by atoms with van der Waals surface area (Å²) in [5.74, 6) is -1.26. The maximum atomic E-state index is 13.0. The molecule has 8 nitrogen and oxygen atoms in total. The van der Waals surface area contributed by atoms with Gasteiger partial charge in [0.15, 0.2) is 0 Å². The van der Waals surface area contributed by atoms with Crippen molar-refractivity contribution in [3.8, 4) is 11.8 Å². The van der Waals surface area contributed by atoms with Crippen molar-refractivity contribution in [3.63, 3.8) is 0 Å². The van der Waals surface area contributed by atoms with Gasteiger partial charge in [0.05, 0.1) is 11.0 Å². The predicted octanol–water partition coefficient (Wildman–Crippen LogP) is 1.91. The number of nitrogens with one attached hydrogen (secondary N) is 1. The Morgan fingerprint density at radius 2 is 2.14 bits per heavy atom. The molecule has 108 valence electrons. The fourth-order valence-electron chi connectivity index (χ4n) is 1.54. The van der Waals surface area contributed by atoms with Crippen LogP contribution < -0.4 is 10.5 Å². The molecule has 0 saturated carbocycles. The number of ether oxygens (including phenoxy) is 1. The Morgan fingerprint density at radius 1 is 1.43 bits per heavy atom. The van der Waals surface area contributed by atoms with Gasteiger partial charge in [0, 0.05) is 5.69 Å². The summed E-state index contributed by atoms with van der Waals surface area (Å²) in [6, 6.07) is 4.11. The Morgan fingerprint density at radius 3 is 2.76 bits per heavy atom. The van der Waals surface area contributed by atoms with Gasteiger partial charge in [-0.1, -0.05) is 0 Å². The summed E-state index contributed by atoms with van der Waals surface area (Å²) in [6.45, 7) is 1.63. The van der Waals surface area contributed by atoms with E-state index in [1.165, 1.54) is 6.07 Å². The van der Waals surface area contributed by atoms with Crippen LogP contribution in [0.15, 0.2) is 24.3 Å². The first-order valence-electron chi connectivity index (χ1n) is 5.68. The Labute approximate surface area is 118 Å². The van der Waals surface area contributed by atoms with Crippen molar-refractivity contribution < 1.29 is 14.1 Å². The third-order valence-corrected chi connectivity index (χ3v) is 2.43. The van der Waals surface area contributed by atoms with Gasteiger partial charge >= 0.3 is 11.7 Å². The monoisotopic (exact) mass is 291 g/mol. The second-order valence-electron chi connectivity index (χ2n) is 4.06. The second-order valence-corrected chi connectivity index (χ2v) is 4.06. The van der Waals surface area contributed by atoms with Crippen LogP contribution >= 0.6 is 0 Å². The highest BCUT2D eigenvalue weighted by atomic mass is 19.1. The van der Waals surface area contributed by atoms with Crippen LogP contribution in [0.25, 0.3) is 0 Å². The van der Waals surface area contributed by atoms with Gasteiger partial charge in [0.25, 0.3) is 0 Å². The number of amidine groups is 1. The Kier molecular flexibility index (Phi) is 3.74. The van der Waals surface area contributed by atoms with Crippen LogP contribution in [0.4, 0.5) is 10.1 Å². The van der Waals surface area contributed by atoms with Gasteiger partial charge in [-0.15, -0.1) is 0 Å². The lowest BCUT2D eigenvalue weighted by Gasteiger charge is -2.07. The average molecular weight is 291 g/mol. The number of halogens is 1. The number of nitrogens with two attached hydrogens (primary N) is 1. The van der Waals surface area contributed by atoms with E-state index in [9.17, 15) is 14.5 Å². The lowest BCUT2D eigenvalue weighted by molar-refractivity contribution is -0.385. The molecule has 1 heterocycles. The molecule has 0 fully saturated rings. The van der Waals surface area contributed by atoms with Gasteiger partial charge in [0.1, 0.15) is 17.3 Å². The molecule has 0 spiro atoms. The van der Waals surface area contributed by atoms with E-state index in [0.717, 1.165) is 18.2 Å². The van der Waals surface area contributed by atoms with Crippen molar-refractivity contribution in [2.45, 2.75) is 6.92 Å². The number of hydrogen-bond donors (Lipinski definition) is 2. The lowest BCUT2D eigenvalue weighted by Crippen LogP contribution is -2.14. The van der Waals surface area contributed by atoms with E-state index >= 15 is 0 Å². The minimum Gasteiger partial charge on any atom is -0.417 e. The number of aryl methyl sites for hydroxylation is 1. The molecule has 0 aliphatic carbocycles. The summed E-state index contributed by atoms with van der Waals surface area (Å²) < 4.78 is 18.3. The van der Waals surface area contributed by atoms with Crippen LogP contribution in [0, 0.1) is 28.3 Å². The topological polar surface area (TPSA) is 128 Å². The van der Waals surface area contributed by atoms with Crippen LogP contribution in [0.3, 0.4) is 0 Å². The Hall–Kier alpha value is -3.10. The van der Waals surface area contributed by atoms with E-state index in [4.69, 9.17) is 15.9 Å². The zero-order chi connectivity index (χ0) is 15.6. The maximum absolute atomic E-state index is 13.0. The van der Waals surface area contributed by atoms with E-state index in [1.54, 1.807) is 6.92 Å². The van der Waals surface area contributed by atoms with Crippen LogP contribution in [0.1, 0.15) is 11.4 Å². The smallest absolute Gasteiger partial charge is 0.323 e. The number of nitrogens with zero attached hydrogens (tertiary/aromatic N) is 3. The van der Waals surface area contributed by atoms with Gasteiger partial charge in [-0.05, 0) is 25.1 Å². The number of nitro groups is 1. The van der Waals surface area contributed by atoms with E-state index in [2.05, 4.69) is 9.97 Å². The van der Waals surface area contributed by atoms with Crippen molar-refractivity contribution in [1.29, 1.82) is 5.41 Å². The van der Waals surface area contributed by atoms with Crippen molar-refractivity contribution >= 4 is 11.5 Å². The molecular formula is C12H10FN5O3. The number of rotatable bonds is 4. The summed E-state index contributed by atoms with van der Waals surface area (Å²) in [7, 11) is 0. The second kappa shape index (κ2) is 5.49. The fourth-order valence-corrected chi connectivity index (χ4v) is 1.54. The summed E-state index contributed by atoms with van der Waals surface area (Å²) in [4.78, 5) is 17.9. The Bertz CT molecular complexity index is 735. The predicted molar refractivity (Wildman–Crippen MR) is 70.9 cm³/mol. The molecule has 0 saturated heterocycles. The van der Waals surface area contributed by atoms with Crippen molar-refractivity contribution in [1.82, 2.24) is 9.97 Å². The van der Waals surface area contributed by atoms with Crippen molar-refractivity contribution in [2.75, 3.05) is 0 Å². The molecule has 2 aromatic rings. The minimum atomic E-state index is -0.778. The quantitative estimate of drug-likeness (QED) is 0.383. The number of nitro benzene ring substituents is 1. The highest BCUT2D eigenvalue weighted by Crippen LogP contribution is 2.30. The van der Waals surface area contributed by atoms with Gasteiger partial charge in [-0.25, -0.2) is 9.37 Å². The van der Waals surface area contributed by atoms with E-state index in [-0.39, 0.29) is 23.3 Å². The molecule has 1 aromatic heterocycles. The highest BCUT2D eigenvalue weighted by Gasteiger charge is 2.18. The first kappa shape index (κ1) is 14.3. The number of benzene rings is 1. The molecule has 0 radical (unpaired) electrons. The van der Waals surface area contributed by atoms with Crippen LogP contribution in [-0.4, -0.2) is 20.7 Å². The molecule has 0 bridgehead atoms. The number of nitrogen functional groups attached to an aromatic ring is 1. The van der Waals surface area contributed by atoms with Gasteiger partial charge in [-0.2, -0.15) is 4.98 Å². The zero-order valence-electron chi connectivity index (χ0n) is 10.8. The molecule has 0 atom stereocenters. The molecule has 0 aliphatic rings. The average Bonchev–Trinajstić information content (AvgIpc) is 2.40. The SMILES string of the molecule is Cc1cc(C(=N)N)nc(Oc2ccc(F)cc2[N+](=O)[O-])n1. The summed E-state index contributed by atoms with van der Waals surface area (Å²) in [5, 5.41) is 18.2. The van der Waals surface area contributed by atoms with E-state index in [0.29, 0.717) is 5.69 Å². The Balaban J connectivity index is 2.43. The van der Waals surface area contributed by atoms with E-state index in [1.807, 2.05) is 0 Å². The number of hydrogen-bond acceptors (Lipinski definition) is 6. The fraction of sp³-hybridized carbons (Fsp3) is 0.0833. The highest BCUT2D eigenvalue weighted by molar-refractivity contribution is 5.93. The third kappa shape index (κ3) is 3.26. The molecular weight excluding hydrogens is 281 g/mol. The molecule has 21 heavy (non-hydrogen) atoms. The molecule has 0 aliphatic heterocycles. The minimum absolute atomic E-state index is 0.127. The number of aromatic nitrogens is 2. The summed E-state index contributed by atoms with van der Waals surface area (Å²) in [6.07, 6.45) is 0. The summed E-state index contributed by atoms with van der Waals surface area (Å²) in [5.41, 5.74) is 5.37. The van der Waals surface area contributed by atoms with Gasteiger partial charge < -0.3 is 10.5 Å². The van der Waals surface area contributed by atoms with Crippen LogP contribution in [0.2, 0.25) is 0 Å². The normalized spacial score (nSPS) is 10.2. The van der Waals surface area contributed by atoms with Gasteiger partial charge in [0.2, 0.25) is 5.75 Å². The largest absolute Gasteiger partial charge is 0.417 e. The molecule has 0 amide bonds. The zero-order valence-corrected chi connectivity index (χ0v) is 10.8. The molecule has 0 unspecified atom stereocenters. The van der Waals surface area contributed by atoms with Crippen molar-refractivity contribution in [2.24, 2.45) is 5.73 Å². The van der Waals surface area contributed by atoms with Crippen LogP contribution in [0.5, 0.6) is 11.8 Å². The molecule has 3 N–H and O–H groups in total. The molecule has 9 heteroatoms. The molecule has 2 rings (SSSR count). The standard InChI is InChI=1S/C12H10FN5O3/c1-6-4-8(11(14)15)17-12(16-6)21-10-3-2-7(13)5-9(10)18(19)20/h2-5H,1H3,(H3,14,15). The maximum Gasteiger partial charge on any atom is 0.323 e. The van der Waals surface area contributed by atoms with Crippen molar-refractivity contribution in [3.05, 3.63) is 51.6 Å².